The molecule has 4 rings (SSSR count). The first-order valence-corrected chi connectivity index (χ1v) is 11.8. The topological polar surface area (TPSA) is 99.8 Å². The van der Waals surface area contributed by atoms with Crippen LogP contribution in [-0.2, 0) is 21.4 Å². The summed E-state index contributed by atoms with van der Waals surface area (Å²) in [6.07, 6.45) is -2.48. The number of carboxylic acids is 1. The molecule has 0 radical (unpaired) electrons. The average Bonchev–Trinajstić information content (AvgIpc) is 3.16. The Morgan fingerprint density at radius 3 is 2.18 bits per heavy atom. The first-order chi connectivity index (χ1) is 15.7. The number of nitrogens with zero attached hydrogens (tertiary/aromatic N) is 2. The van der Waals surface area contributed by atoms with Gasteiger partial charge in [0.05, 0.1) is 16.0 Å². The van der Waals surface area contributed by atoms with E-state index in [4.69, 9.17) is 9.90 Å². The standard InChI is InChI=1S/C21H24N2O3S.C2HF3O2/c1-21(2,24)20-12-13-22(20)15-16-7-6-10-19-18(16)11-14-23(19)27(25,26)17-8-4-3-5-9-17;3-2(4,5)1(6)7/h3-11,14,20,24H,12-13,15H2,1-2H3;(H,6,7)/t20-;/m0./s1. The number of hydrogen-bond acceptors (Lipinski definition) is 5. The van der Waals surface area contributed by atoms with Crippen molar-refractivity contribution in [1.29, 1.82) is 0 Å². The molecule has 2 N–H and O–H groups in total. The molecular weight excluding hydrogens is 473 g/mol. The normalized spacial score (nSPS) is 17.1. The van der Waals surface area contributed by atoms with Gasteiger partial charge in [-0.25, -0.2) is 17.2 Å². The van der Waals surface area contributed by atoms with Gasteiger partial charge in [-0.2, -0.15) is 13.2 Å². The number of aliphatic carboxylic acids is 1. The maximum Gasteiger partial charge on any atom is 0.490 e. The smallest absolute Gasteiger partial charge is 0.475 e. The van der Waals surface area contributed by atoms with Gasteiger partial charge in [-0.3, -0.25) is 4.90 Å². The minimum Gasteiger partial charge on any atom is -0.475 e. The van der Waals surface area contributed by atoms with Crippen LogP contribution >= 0.6 is 0 Å². The van der Waals surface area contributed by atoms with Gasteiger partial charge in [-0.1, -0.05) is 30.3 Å². The molecular formula is C23H25F3N2O5S. The highest BCUT2D eigenvalue weighted by Gasteiger charge is 2.39. The number of carboxylic acid groups (broad SMARTS) is 1. The van der Waals surface area contributed by atoms with Crippen LogP contribution in [0.25, 0.3) is 10.9 Å². The van der Waals surface area contributed by atoms with Crippen LogP contribution in [0, 0.1) is 0 Å². The molecule has 34 heavy (non-hydrogen) atoms. The molecule has 0 aliphatic carbocycles. The first kappa shape index (κ1) is 25.7. The average molecular weight is 499 g/mol. The molecule has 184 valence electrons. The number of aliphatic hydroxyl groups is 1. The summed E-state index contributed by atoms with van der Waals surface area (Å²) >= 11 is 0. The molecule has 1 fully saturated rings. The van der Waals surface area contributed by atoms with Gasteiger partial charge in [0.2, 0.25) is 0 Å². The lowest BCUT2D eigenvalue weighted by atomic mass is 9.87. The summed E-state index contributed by atoms with van der Waals surface area (Å²) in [5, 5.41) is 18.4. The second-order valence-corrected chi connectivity index (χ2v) is 10.3. The minimum atomic E-state index is -5.08. The third kappa shape index (κ3) is 5.43. The summed E-state index contributed by atoms with van der Waals surface area (Å²) in [4.78, 5) is 11.4. The summed E-state index contributed by atoms with van der Waals surface area (Å²) in [5.41, 5.74) is 1.01. The SMILES string of the molecule is CC(C)(O)[C@@H]1CCN1Cc1cccc2c1ccn2S(=O)(=O)c1ccccc1.O=C(O)C(F)(F)F. The summed E-state index contributed by atoms with van der Waals surface area (Å²) in [7, 11) is -3.63. The molecule has 11 heteroatoms. The van der Waals surface area contributed by atoms with Gasteiger partial charge in [-0.05, 0) is 50.1 Å². The predicted octanol–water partition coefficient (Wildman–Crippen LogP) is 3.86. The molecule has 1 aromatic heterocycles. The first-order valence-electron chi connectivity index (χ1n) is 10.4. The molecule has 0 amide bonds. The van der Waals surface area contributed by atoms with Crippen LogP contribution in [0.15, 0.2) is 65.7 Å². The van der Waals surface area contributed by atoms with Crippen LogP contribution in [0.3, 0.4) is 0 Å². The number of carbonyl (C=O) groups is 1. The van der Waals surface area contributed by atoms with Crippen molar-refractivity contribution < 1.29 is 36.6 Å². The molecule has 0 spiro atoms. The van der Waals surface area contributed by atoms with Crippen LogP contribution < -0.4 is 0 Å². The van der Waals surface area contributed by atoms with E-state index < -0.39 is 27.8 Å². The second-order valence-electron chi connectivity index (χ2n) is 8.51. The van der Waals surface area contributed by atoms with Crippen molar-refractivity contribution in [2.75, 3.05) is 6.54 Å². The van der Waals surface area contributed by atoms with E-state index in [1.165, 1.54) is 3.97 Å². The Hall–Kier alpha value is -2.89. The zero-order chi connectivity index (χ0) is 25.3. The summed E-state index contributed by atoms with van der Waals surface area (Å²) in [5.74, 6) is -2.76. The zero-order valence-electron chi connectivity index (χ0n) is 18.5. The largest absolute Gasteiger partial charge is 0.490 e. The van der Waals surface area contributed by atoms with Gasteiger partial charge in [-0.15, -0.1) is 0 Å². The fraction of sp³-hybridized carbons (Fsp3) is 0.348. The monoisotopic (exact) mass is 498 g/mol. The van der Waals surface area contributed by atoms with E-state index in [1.807, 2.05) is 38.1 Å². The molecule has 1 aliphatic heterocycles. The third-order valence-corrected chi connectivity index (χ3v) is 7.35. The van der Waals surface area contributed by atoms with Crippen LogP contribution in [0.5, 0.6) is 0 Å². The minimum absolute atomic E-state index is 0.128. The Balaban J connectivity index is 0.000000406. The lowest BCUT2D eigenvalue weighted by Crippen LogP contribution is -2.57. The number of rotatable bonds is 5. The van der Waals surface area contributed by atoms with Gasteiger partial charge in [0.1, 0.15) is 0 Å². The van der Waals surface area contributed by atoms with Crippen molar-refractivity contribution in [3.63, 3.8) is 0 Å². The van der Waals surface area contributed by atoms with Crippen LogP contribution in [0.1, 0.15) is 25.8 Å². The summed E-state index contributed by atoms with van der Waals surface area (Å²) in [6, 6.07) is 16.2. The van der Waals surface area contributed by atoms with Crippen molar-refractivity contribution in [2.45, 2.75) is 49.5 Å². The summed E-state index contributed by atoms with van der Waals surface area (Å²) < 4.78 is 59.1. The van der Waals surface area contributed by atoms with Crippen LogP contribution in [0.2, 0.25) is 0 Å². The highest BCUT2D eigenvalue weighted by Crippen LogP contribution is 2.32. The van der Waals surface area contributed by atoms with E-state index in [2.05, 4.69) is 4.90 Å². The number of aromatic nitrogens is 1. The second kappa shape index (κ2) is 9.40. The van der Waals surface area contributed by atoms with Gasteiger partial charge < -0.3 is 10.2 Å². The zero-order valence-corrected chi connectivity index (χ0v) is 19.3. The fourth-order valence-corrected chi connectivity index (χ4v) is 5.28. The maximum atomic E-state index is 13.0. The maximum absolute atomic E-state index is 13.0. The molecule has 7 nitrogen and oxygen atoms in total. The Bertz CT molecular complexity index is 1270. The van der Waals surface area contributed by atoms with Crippen molar-refractivity contribution in [1.82, 2.24) is 8.87 Å². The van der Waals surface area contributed by atoms with Crippen molar-refractivity contribution in [3.05, 3.63) is 66.4 Å². The van der Waals surface area contributed by atoms with E-state index >= 15 is 0 Å². The fourth-order valence-electron chi connectivity index (χ4n) is 3.91. The molecule has 2 heterocycles. The lowest BCUT2D eigenvalue weighted by molar-refractivity contribution is -0.192. The molecule has 1 atom stereocenters. The Labute approximate surface area is 195 Å². The van der Waals surface area contributed by atoms with E-state index in [1.54, 1.807) is 36.5 Å². The number of benzene rings is 2. The molecule has 0 bridgehead atoms. The Kier molecular flexibility index (Phi) is 7.11. The van der Waals surface area contributed by atoms with Crippen LogP contribution in [0.4, 0.5) is 13.2 Å². The van der Waals surface area contributed by atoms with Crippen molar-refractivity contribution >= 4 is 26.9 Å². The number of alkyl halides is 3. The van der Waals surface area contributed by atoms with Crippen molar-refractivity contribution in [3.8, 4) is 0 Å². The Morgan fingerprint density at radius 1 is 1.06 bits per heavy atom. The van der Waals surface area contributed by atoms with Crippen molar-refractivity contribution in [2.24, 2.45) is 0 Å². The number of hydrogen-bond donors (Lipinski definition) is 2. The highest BCUT2D eigenvalue weighted by atomic mass is 32.2. The quantitative estimate of drug-likeness (QED) is 0.554. The molecule has 0 saturated carbocycles. The molecule has 1 saturated heterocycles. The molecule has 0 unspecified atom stereocenters. The molecule has 3 aromatic rings. The molecule has 2 aromatic carbocycles. The van der Waals surface area contributed by atoms with Crippen LogP contribution in [-0.4, -0.2) is 57.8 Å². The van der Waals surface area contributed by atoms with Gasteiger partial charge in [0, 0.05) is 30.7 Å². The highest BCUT2D eigenvalue weighted by molar-refractivity contribution is 7.90. The lowest BCUT2D eigenvalue weighted by Gasteiger charge is -2.47. The van der Waals surface area contributed by atoms with E-state index in [0.29, 0.717) is 12.1 Å². The number of fused-ring (bicyclic) bond motifs is 1. The van der Waals surface area contributed by atoms with E-state index in [-0.39, 0.29) is 10.9 Å². The molecule has 1 aliphatic rings. The van der Waals surface area contributed by atoms with Gasteiger partial charge >= 0.3 is 12.1 Å². The van der Waals surface area contributed by atoms with E-state index in [9.17, 15) is 26.7 Å². The third-order valence-electron chi connectivity index (χ3n) is 5.65. The number of likely N-dealkylation sites (tertiary alicyclic amines) is 1. The predicted molar refractivity (Wildman–Crippen MR) is 120 cm³/mol. The van der Waals surface area contributed by atoms with Gasteiger partial charge in [0.15, 0.2) is 0 Å². The summed E-state index contributed by atoms with van der Waals surface area (Å²) in [6.45, 7) is 5.32. The van der Waals surface area contributed by atoms with Gasteiger partial charge in [0.25, 0.3) is 10.0 Å². The Morgan fingerprint density at radius 2 is 1.68 bits per heavy atom. The van der Waals surface area contributed by atoms with E-state index in [0.717, 1.165) is 23.9 Å². The number of halogens is 3.